The summed E-state index contributed by atoms with van der Waals surface area (Å²) in [5.74, 6) is 0.627. The van der Waals surface area contributed by atoms with Gasteiger partial charge in [-0.2, -0.15) is 0 Å². The minimum Gasteiger partial charge on any atom is -0.369 e. The van der Waals surface area contributed by atoms with Crippen molar-refractivity contribution in [2.24, 2.45) is 5.73 Å². The number of nitrogens with zero attached hydrogens (tertiary/aromatic N) is 2. The number of carbonyl (C=O) groups excluding carboxylic acids is 2. The van der Waals surface area contributed by atoms with Gasteiger partial charge < -0.3 is 15.6 Å². The Balaban J connectivity index is 1.57. The van der Waals surface area contributed by atoms with E-state index in [2.05, 4.69) is 20.8 Å². The van der Waals surface area contributed by atoms with Gasteiger partial charge in [0.15, 0.2) is 5.82 Å². The molecule has 9 heteroatoms. The molecule has 156 valence electrons. The lowest BCUT2D eigenvalue weighted by Crippen LogP contribution is -2.19. The molecule has 3 rings (SSSR count). The van der Waals surface area contributed by atoms with E-state index in [0.717, 1.165) is 9.79 Å². The van der Waals surface area contributed by atoms with Crippen LogP contribution in [0.4, 0.5) is 16.3 Å². The number of primary amides is 1. The summed E-state index contributed by atoms with van der Waals surface area (Å²) in [7, 11) is 0. The zero-order valence-electron chi connectivity index (χ0n) is 16.9. The van der Waals surface area contributed by atoms with Crippen LogP contribution in [0.25, 0.3) is 0 Å². The second-order valence-electron chi connectivity index (χ2n) is 7.66. The fourth-order valence-corrected chi connectivity index (χ4v) is 3.37. The van der Waals surface area contributed by atoms with Gasteiger partial charge in [-0.1, -0.05) is 37.7 Å². The van der Waals surface area contributed by atoms with E-state index in [-0.39, 0.29) is 11.8 Å². The number of urea groups is 1. The third-order valence-electron chi connectivity index (χ3n) is 3.98. The highest BCUT2D eigenvalue weighted by molar-refractivity contribution is 7.99. The van der Waals surface area contributed by atoms with E-state index in [1.54, 1.807) is 24.4 Å². The van der Waals surface area contributed by atoms with E-state index in [0.29, 0.717) is 23.0 Å². The van der Waals surface area contributed by atoms with E-state index in [1.165, 1.54) is 11.8 Å². The van der Waals surface area contributed by atoms with Gasteiger partial charge in [0.05, 0.1) is 12.1 Å². The number of carbonyl (C=O) groups is 2. The molecule has 3 amide bonds. The molecule has 0 aliphatic rings. The number of benzene rings is 1. The molecule has 0 aliphatic heterocycles. The third kappa shape index (κ3) is 6.08. The summed E-state index contributed by atoms with van der Waals surface area (Å²) in [6, 6.07) is 12.4. The first kappa shape index (κ1) is 21.4. The molecular weight excluding hydrogens is 402 g/mol. The van der Waals surface area contributed by atoms with Crippen LogP contribution < -0.4 is 16.4 Å². The number of pyridine rings is 1. The standard InChI is InChI=1S/C21H23N5O3S/c1-21(2,3)17-12-19(26-29-17)25-20(28)24-13-4-6-15(7-5-13)30-16-8-9-23-14(10-16)11-18(22)27/h4-10,12H,11H2,1-3H3,(H2,22,27)(H2,24,25,26,28). The van der Waals surface area contributed by atoms with Crippen LogP contribution in [0.3, 0.4) is 0 Å². The van der Waals surface area contributed by atoms with Crippen LogP contribution >= 0.6 is 11.8 Å². The Morgan fingerprint density at radius 3 is 2.43 bits per heavy atom. The van der Waals surface area contributed by atoms with Gasteiger partial charge in [-0.15, -0.1) is 0 Å². The Kier molecular flexibility index (Phi) is 6.41. The van der Waals surface area contributed by atoms with Gasteiger partial charge >= 0.3 is 6.03 Å². The van der Waals surface area contributed by atoms with Gasteiger partial charge in [0.2, 0.25) is 5.91 Å². The Bertz CT molecular complexity index is 1040. The van der Waals surface area contributed by atoms with Crippen molar-refractivity contribution in [2.75, 3.05) is 10.6 Å². The predicted octanol–water partition coefficient (Wildman–Crippen LogP) is 4.19. The number of rotatable bonds is 6. The van der Waals surface area contributed by atoms with Crippen molar-refractivity contribution < 1.29 is 14.1 Å². The largest absolute Gasteiger partial charge is 0.369 e. The summed E-state index contributed by atoms with van der Waals surface area (Å²) in [6.07, 6.45) is 1.75. The van der Waals surface area contributed by atoms with Crippen LogP contribution in [0.2, 0.25) is 0 Å². The van der Waals surface area contributed by atoms with Crippen molar-refractivity contribution in [2.45, 2.75) is 42.4 Å². The molecule has 0 aliphatic carbocycles. The molecule has 0 radical (unpaired) electrons. The molecule has 0 unspecified atom stereocenters. The number of anilines is 2. The molecule has 30 heavy (non-hydrogen) atoms. The maximum atomic E-state index is 12.2. The lowest BCUT2D eigenvalue weighted by molar-refractivity contribution is -0.117. The molecular formula is C21H23N5O3S. The Labute approximate surface area is 178 Å². The van der Waals surface area contributed by atoms with Crippen LogP contribution in [0.5, 0.6) is 0 Å². The van der Waals surface area contributed by atoms with E-state index in [4.69, 9.17) is 10.3 Å². The van der Waals surface area contributed by atoms with Crippen molar-refractivity contribution in [3.8, 4) is 0 Å². The Hall–Kier alpha value is -3.33. The maximum Gasteiger partial charge on any atom is 0.324 e. The van der Waals surface area contributed by atoms with Gasteiger partial charge in [-0.25, -0.2) is 4.79 Å². The van der Waals surface area contributed by atoms with Gasteiger partial charge in [-0.3, -0.25) is 15.1 Å². The number of aromatic nitrogens is 2. The Morgan fingerprint density at radius 1 is 1.07 bits per heavy atom. The van der Waals surface area contributed by atoms with Crippen LogP contribution in [0.15, 0.2) is 63.0 Å². The van der Waals surface area contributed by atoms with Crippen molar-refractivity contribution in [1.29, 1.82) is 0 Å². The SMILES string of the molecule is CC(C)(C)c1cc(NC(=O)Nc2ccc(Sc3ccnc(CC(N)=O)c3)cc2)no1. The third-order valence-corrected chi connectivity index (χ3v) is 4.98. The average molecular weight is 426 g/mol. The smallest absolute Gasteiger partial charge is 0.324 e. The lowest BCUT2D eigenvalue weighted by atomic mass is 9.93. The quantitative estimate of drug-likeness (QED) is 0.544. The zero-order chi connectivity index (χ0) is 21.7. The first-order chi connectivity index (χ1) is 14.2. The van der Waals surface area contributed by atoms with Crippen molar-refractivity contribution in [1.82, 2.24) is 10.1 Å². The van der Waals surface area contributed by atoms with Crippen molar-refractivity contribution >= 4 is 35.2 Å². The number of nitrogens with one attached hydrogen (secondary N) is 2. The second kappa shape index (κ2) is 9.00. The minimum atomic E-state index is -0.418. The predicted molar refractivity (Wildman–Crippen MR) is 116 cm³/mol. The van der Waals surface area contributed by atoms with Crippen LogP contribution in [0.1, 0.15) is 32.2 Å². The molecule has 2 heterocycles. The molecule has 0 bridgehead atoms. The van der Waals surface area contributed by atoms with Gasteiger partial charge in [0.1, 0.15) is 5.76 Å². The van der Waals surface area contributed by atoms with Crippen LogP contribution in [-0.4, -0.2) is 22.1 Å². The molecule has 0 saturated heterocycles. The summed E-state index contributed by atoms with van der Waals surface area (Å²) in [5, 5.41) is 9.28. The first-order valence-corrected chi connectivity index (χ1v) is 10.1. The van der Waals surface area contributed by atoms with E-state index >= 15 is 0 Å². The van der Waals surface area contributed by atoms with Crippen LogP contribution in [-0.2, 0) is 16.6 Å². The summed E-state index contributed by atoms with van der Waals surface area (Å²) in [6.45, 7) is 6.00. The molecule has 0 saturated carbocycles. The van der Waals surface area contributed by atoms with Crippen LogP contribution in [0, 0.1) is 0 Å². The molecule has 0 atom stereocenters. The summed E-state index contributed by atoms with van der Waals surface area (Å²) in [4.78, 5) is 29.3. The van der Waals surface area contributed by atoms with E-state index < -0.39 is 11.9 Å². The van der Waals surface area contributed by atoms with E-state index in [1.807, 2.05) is 45.0 Å². The zero-order valence-corrected chi connectivity index (χ0v) is 17.7. The highest BCUT2D eigenvalue weighted by Crippen LogP contribution is 2.29. The number of amides is 3. The molecule has 2 aromatic heterocycles. The van der Waals surface area contributed by atoms with Gasteiger partial charge in [0.25, 0.3) is 0 Å². The first-order valence-electron chi connectivity index (χ1n) is 9.25. The lowest BCUT2D eigenvalue weighted by Gasteiger charge is -2.12. The molecule has 0 fully saturated rings. The number of hydrogen-bond acceptors (Lipinski definition) is 6. The fraction of sp³-hybridized carbons (Fsp3) is 0.238. The maximum absolute atomic E-state index is 12.2. The fourth-order valence-electron chi connectivity index (χ4n) is 2.50. The highest BCUT2D eigenvalue weighted by Gasteiger charge is 2.20. The summed E-state index contributed by atoms with van der Waals surface area (Å²) in [5.41, 5.74) is 6.30. The molecule has 8 nitrogen and oxygen atoms in total. The number of nitrogens with two attached hydrogens (primary N) is 1. The molecule has 3 aromatic rings. The highest BCUT2D eigenvalue weighted by atomic mass is 32.2. The monoisotopic (exact) mass is 425 g/mol. The van der Waals surface area contributed by atoms with Crippen molar-refractivity contribution in [3.05, 3.63) is 60.1 Å². The number of hydrogen-bond donors (Lipinski definition) is 3. The van der Waals surface area contributed by atoms with Crippen molar-refractivity contribution in [3.63, 3.8) is 0 Å². The van der Waals surface area contributed by atoms with Gasteiger partial charge in [0, 0.05) is 33.2 Å². The summed E-state index contributed by atoms with van der Waals surface area (Å²) >= 11 is 1.52. The molecule has 4 N–H and O–H groups in total. The normalized spacial score (nSPS) is 11.2. The average Bonchev–Trinajstić information content (AvgIpc) is 3.12. The second-order valence-corrected chi connectivity index (χ2v) is 8.80. The Morgan fingerprint density at radius 2 is 1.80 bits per heavy atom. The minimum absolute atomic E-state index is 0.106. The summed E-state index contributed by atoms with van der Waals surface area (Å²) < 4.78 is 5.26. The molecule has 0 spiro atoms. The topological polar surface area (TPSA) is 123 Å². The van der Waals surface area contributed by atoms with E-state index in [9.17, 15) is 9.59 Å². The molecule has 1 aromatic carbocycles. The van der Waals surface area contributed by atoms with Gasteiger partial charge in [-0.05, 0) is 36.4 Å².